The van der Waals surface area contributed by atoms with Gasteiger partial charge in [0.25, 0.3) is 55.7 Å². The molecule has 0 aromatic carbocycles. The average Bonchev–Trinajstić information content (AvgIpc) is 4.01. The van der Waals surface area contributed by atoms with Crippen molar-refractivity contribution < 1.29 is 51.9 Å². The fourth-order valence-electron chi connectivity index (χ4n) is 10.3. The van der Waals surface area contributed by atoms with Crippen LogP contribution in [0.2, 0.25) is 64.5 Å². The molecule has 2 aliphatic carbocycles. The molecule has 6 rings (SSSR count). The second-order valence-corrected chi connectivity index (χ2v) is 39.0. The van der Waals surface area contributed by atoms with Crippen LogP contribution in [0.3, 0.4) is 0 Å². The van der Waals surface area contributed by atoms with E-state index in [1.807, 2.05) is 0 Å². The van der Waals surface area contributed by atoms with E-state index in [9.17, 15) is 0 Å². The molecule has 0 bridgehead atoms. The van der Waals surface area contributed by atoms with Crippen molar-refractivity contribution in [2.75, 3.05) is 26.4 Å². The van der Waals surface area contributed by atoms with E-state index in [1.54, 1.807) is 0 Å². The topological polar surface area (TPSA) is 117 Å². The molecular formula is C35H76O12Si8. The zero-order chi connectivity index (χ0) is 39.4. The van der Waals surface area contributed by atoms with Crippen LogP contribution in [0.4, 0.5) is 0 Å². The number of epoxide rings is 2. The van der Waals surface area contributed by atoms with Gasteiger partial charge in [-0.05, 0) is 145 Å². The maximum Gasteiger partial charge on any atom is 0.316 e. The second-order valence-electron chi connectivity index (χ2n) is 18.5. The zero-order valence-corrected chi connectivity index (χ0v) is 44.7. The van der Waals surface area contributed by atoms with E-state index < -0.39 is 72.8 Å². The minimum Gasteiger partial charge on any atom is -0.420 e. The number of ether oxygens (including phenoxy) is 4. The van der Waals surface area contributed by atoms with E-state index in [2.05, 4.69) is 66.2 Å². The third-order valence-electron chi connectivity index (χ3n) is 13.3. The van der Waals surface area contributed by atoms with Crippen LogP contribution in [0, 0.1) is 29.1 Å². The van der Waals surface area contributed by atoms with Crippen LogP contribution in [-0.4, -0.2) is 124 Å². The lowest BCUT2D eigenvalue weighted by Crippen LogP contribution is -2.53. The molecule has 6 aliphatic rings. The Morgan fingerprint density at radius 3 is 1.22 bits per heavy atom. The quantitative estimate of drug-likeness (QED) is 0.146. The Morgan fingerprint density at radius 2 is 0.891 bits per heavy atom. The van der Waals surface area contributed by atoms with Gasteiger partial charge in [-0.25, -0.2) is 0 Å². The molecular weight excluding hydrogens is 837 g/mol. The fraction of sp³-hybridized carbons (Fsp3) is 1.00. The van der Waals surface area contributed by atoms with Gasteiger partial charge >= 0.3 is 17.1 Å². The van der Waals surface area contributed by atoms with Crippen LogP contribution >= 0.6 is 0 Å². The molecule has 0 aromatic rings. The molecule has 12 unspecified atom stereocenters. The van der Waals surface area contributed by atoms with Crippen LogP contribution in [0.15, 0.2) is 0 Å². The predicted molar refractivity (Wildman–Crippen MR) is 232 cm³/mol. The van der Waals surface area contributed by atoms with Crippen molar-refractivity contribution in [3.05, 3.63) is 0 Å². The highest BCUT2D eigenvalue weighted by atomic mass is 28.5. The number of rotatable bonds is 16. The summed E-state index contributed by atoms with van der Waals surface area (Å²) in [5.74, 6) is 2.40. The monoisotopic (exact) mass is 912 g/mol. The molecule has 0 aromatic heterocycles. The molecule has 6 fully saturated rings. The molecule has 0 amide bonds. The summed E-state index contributed by atoms with van der Waals surface area (Å²) >= 11 is 0. The van der Waals surface area contributed by atoms with Gasteiger partial charge in [-0.15, -0.1) is 0 Å². The van der Waals surface area contributed by atoms with Crippen molar-refractivity contribution in [3.8, 4) is 0 Å². The first kappa shape index (κ1) is 45.8. The van der Waals surface area contributed by atoms with Gasteiger partial charge in [0.15, 0.2) is 0 Å². The minimum atomic E-state index is -2.36. The van der Waals surface area contributed by atoms with Crippen molar-refractivity contribution in [2.24, 2.45) is 29.1 Å². The predicted octanol–water partition coefficient (Wildman–Crippen LogP) is 5.38. The Labute approximate surface area is 345 Å². The van der Waals surface area contributed by atoms with Crippen molar-refractivity contribution in [2.45, 2.75) is 167 Å². The third kappa shape index (κ3) is 14.1. The van der Waals surface area contributed by atoms with E-state index in [1.165, 1.54) is 25.7 Å². The normalized spacial score (nSPS) is 45.9. The summed E-state index contributed by atoms with van der Waals surface area (Å²) in [6, 6.07) is 1.98. The SMILES string of the molecule is C[SiH]1O[SiH](C)O[Si](C)(CCCC2CC(C(C)(C)C3CCC(OCC4CO4)C(CCC[Si]4(C)O[SiH](C)O[SiH](C)O[SiH](C)O4)C3)CCC2OCC2CO2)O[SiH](C)O1. The first-order valence-electron chi connectivity index (χ1n) is 21.9. The summed E-state index contributed by atoms with van der Waals surface area (Å²) in [5, 5.41) is 0. The summed E-state index contributed by atoms with van der Waals surface area (Å²) in [6.07, 6.45) is 12.9. The molecule has 12 atom stereocenters. The lowest BCUT2D eigenvalue weighted by Gasteiger charge is -2.50. The molecule has 12 nitrogen and oxygen atoms in total. The van der Waals surface area contributed by atoms with Gasteiger partial charge < -0.3 is 51.9 Å². The molecule has 4 heterocycles. The van der Waals surface area contributed by atoms with E-state index in [-0.39, 0.29) is 5.41 Å². The molecule has 0 radical (unpaired) electrons. The smallest absolute Gasteiger partial charge is 0.316 e. The van der Waals surface area contributed by atoms with Crippen molar-refractivity contribution in [1.29, 1.82) is 0 Å². The standard InChI is InChI=1S/C35H76O12Si8/c1-35(2,29-15-17-33(38-25-31-23-36-31)27(21-29)13-11-19-54(9)44-50(5)40-48(3)41-51(6)45-54)30-16-18-34(39-26-32-24-37-32)28(22-30)14-12-20-55(10)46-52(7)42-49(4)43-53(8)47-55/h27-34,48-53H,11-26H2,1-10H3. The Morgan fingerprint density at radius 1 is 0.545 bits per heavy atom. The summed E-state index contributed by atoms with van der Waals surface area (Å²) in [5.41, 5.74) is 0.235. The van der Waals surface area contributed by atoms with Gasteiger partial charge in [0.1, 0.15) is 12.2 Å². The van der Waals surface area contributed by atoms with Gasteiger partial charge in [-0.3, -0.25) is 0 Å². The van der Waals surface area contributed by atoms with Gasteiger partial charge in [-0.2, -0.15) is 0 Å². The van der Waals surface area contributed by atoms with Gasteiger partial charge in [-0.1, -0.05) is 26.7 Å². The van der Waals surface area contributed by atoms with E-state index in [0.717, 1.165) is 77.0 Å². The van der Waals surface area contributed by atoms with E-state index >= 15 is 0 Å². The van der Waals surface area contributed by atoms with Crippen LogP contribution in [0.1, 0.15) is 78.1 Å². The first-order chi connectivity index (χ1) is 26.1. The largest absolute Gasteiger partial charge is 0.420 e. The summed E-state index contributed by atoms with van der Waals surface area (Å²) in [7, 11) is -15.0. The molecule has 4 aliphatic heterocycles. The molecule has 55 heavy (non-hydrogen) atoms. The molecule has 4 saturated heterocycles. The summed E-state index contributed by atoms with van der Waals surface area (Å²) in [6.45, 7) is 25.6. The fourth-order valence-corrected chi connectivity index (χ4v) is 39.8. The Kier molecular flexibility index (Phi) is 17.0. The van der Waals surface area contributed by atoms with Crippen molar-refractivity contribution >= 4 is 72.8 Å². The maximum absolute atomic E-state index is 6.66. The molecule has 0 spiro atoms. The summed E-state index contributed by atoms with van der Waals surface area (Å²) < 4.78 is 75.9. The van der Waals surface area contributed by atoms with Crippen LogP contribution in [0.25, 0.3) is 0 Å². The number of hydrogen-bond acceptors (Lipinski definition) is 12. The second kappa shape index (κ2) is 20.4. The van der Waals surface area contributed by atoms with Gasteiger partial charge in [0.2, 0.25) is 0 Å². The van der Waals surface area contributed by atoms with Gasteiger partial charge in [0, 0.05) is 0 Å². The van der Waals surface area contributed by atoms with Crippen molar-refractivity contribution in [1.82, 2.24) is 0 Å². The molecule has 20 heteroatoms. The maximum atomic E-state index is 6.66. The van der Waals surface area contributed by atoms with Crippen LogP contribution in [-0.2, 0) is 51.9 Å². The molecule has 2 saturated carbocycles. The Balaban J connectivity index is 1.07. The average molecular weight is 914 g/mol. The minimum absolute atomic E-state index is 0.235. The molecule has 320 valence electrons. The van der Waals surface area contributed by atoms with E-state index in [4.69, 9.17) is 51.9 Å². The lowest BCUT2D eigenvalue weighted by molar-refractivity contribution is -0.0792. The van der Waals surface area contributed by atoms with Gasteiger partial charge in [0.05, 0.1) is 38.6 Å². The first-order valence-corrected chi connectivity index (χ1v) is 39.5. The Bertz CT molecular complexity index is 1080. The third-order valence-corrected chi connectivity index (χ3v) is 41.4. The van der Waals surface area contributed by atoms with E-state index in [0.29, 0.717) is 48.1 Å². The Hall–Kier alpha value is 1.26. The van der Waals surface area contributed by atoms with Crippen LogP contribution < -0.4 is 0 Å². The zero-order valence-electron chi connectivity index (χ0n) is 35.8. The summed E-state index contributed by atoms with van der Waals surface area (Å²) in [4.78, 5) is 0. The highest BCUT2D eigenvalue weighted by Crippen LogP contribution is 2.52. The highest BCUT2D eigenvalue weighted by Gasteiger charge is 2.47. The van der Waals surface area contributed by atoms with Crippen molar-refractivity contribution in [3.63, 3.8) is 0 Å². The van der Waals surface area contributed by atoms with Crippen LogP contribution in [0.5, 0.6) is 0 Å². The number of hydrogen-bond donors (Lipinski definition) is 0. The highest BCUT2D eigenvalue weighted by molar-refractivity contribution is 6.82. The lowest BCUT2D eigenvalue weighted by atomic mass is 9.57. The molecule has 0 N–H and O–H groups in total.